The molecule has 0 saturated heterocycles. The van der Waals surface area contributed by atoms with E-state index >= 15 is 0 Å². The second kappa shape index (κ2) is 6.67. The summed E-state index contributed by atoms with van der Waals surface area (Å²) in [6.07, 6.45) is 1.54. The van der Waals surface area contributed by atoms with E-state index in [0.29, 0.717) is 18.8 Å². The summed E-state index contributed by atoms with van der Waals surface area (Å²) < 4.78 is 21.0. The molecule has 0 radical (unpaired) electrons. The van der Waals surface area contributed by atoms with Crippen LogP contribution in [-0.2, 0) is 20.0 Å². The minimum absolute atomic E-state index is 0.0392. The maximum Gasteiger partial charge on any atom is 0.219 e. The van der Waals surface area contributed by atoms with Gasteiger partial charge in [-0.1, -0.05) is 19.6 Å². The van der Waals surface area contributed by atoms with Crippen molar-refractivity contribution >= 4 is 13.5 Å². The zero-order chi connectivity index (χ0) is 14.5. The van der Waals surface area contributed by atoms with Crippen LogP contribution in [-0.4, -0.2) is 47.2 Å². The zero-order valence-corrected chi connectivity index (χ0v) is 13.4. The number of methoxy groups -OCH3 is 2. The third-order valence-corrected chi connectivity index (χ3v) is 4.60. The minimum Gasteiger partial charge on any atom is -0.474 e. The molecule has 0 aliphatic heterocycles. The Kier molecular flexibility index (Phi) is 5.75. The molecule has 0 aromatic carbocycles. The van der Waals surface area contributed by atoms with Gasteiger partial charge in [0.25, 0.3) is 0 Å². The van der Waals surface area contributed by atoms with Gasteiger partial charge in [0.05, 0.1) is 30.4 Å². The van der Waals surface area contributed by atoms with Crippen LogP contribution in [0, 0.1) is 0 Å². The van der Waals surface area contributed by atoms with Gasteiger partial charge in [-0.15, -0.1) is 0 Å². The molecule has 19 heavy (non-hydrogen) atoms. The van der Waals surface area contributed by atoms with Gasteiger partial charge in [-0.2, -0.15) is 0 Å². The van der Waals surface area contributed by atoms with Crippen molar-refractivity contribution < 1.29 is 23.7 Å². The highest BCUT2D eigenvalue weighted by Gasteiger charge is 2.33. The Balaban J connectivity index is 2.75. The van der Waals surface area contributed by atoms with Crippen LogP contribution in [0.3, 0.4) is 0 Å². The lowest BCUT2D eigenvalue weighted by atomic mass is 10.1. The molecule has 1 aromatic rings. The van der Waals surface area contributed by atoms with E-state index < -0.39 is 13.9 Å². The van der Waals surface area contributed by atoms with Crippen LogP contribution < -0.4 is 5.38 Å². The Bertz CT molecular complexity index is 385. The molecule has 1 unspecified atom stereocenters. The Labute approximate surface area is 115 Å². The topological polar surface area (TPSA) is 61.1 Å². The van der Waals surface area contributed by atoms with E-state index in [9.17, 15) is 5.11 Å². The average Bonchev–Trinajstić information content (AvgIpc) is 2.84. The van der Waals surface area contributed by atoms with Crippen molar-refractivity contribution in [1.29, 1.82) is 0 Å². The van der Waals surface area contributed by atoms with Gasteiger partial charge < -0.3 is 23.7 Å². The summed E-state index contributed by atoms with van der Waals surface area (Å²) in [5, 5.41) is 11.4. The highest BCUT2D eigenvalue weighted by Crippen LogP contribution is 2.23. The van der Waals surface area contributed by atoms with Gasteiger partial charge in [0.1, 0.15) is 14.7 Å². The summed E-state index contributed by atoms with van der Waals surface area (Å²) in [4.78, 5) is 0. The molecule has 0 fully saturated rings. The fourth-order valence-corrected chi connectivity index (χ4v) is 2.55. The van der Waals surface area contributed by atoms with Gasteiger partial charge in [-0.05, 0) is 6.07 Å². The molecular weight excluding hydrogens is 264 g/mol. The first-order valence-electron chi connectivity index (χ1n) is 6.27. The summed E-state index contributed by atoms with van der Waals surface area (Å²) in [5.41, 5.74) is 0.588. The highest BCUT2D eigenvalue weighted by molar-refractivity contribution is 6.87. The third kappa shape index (κ3) is 4.43. The molecule has 0 bridgehead atoms. The van der Waals surface area contributed by atoms with Gasteiger partial charge in [0.2, 0.25) is 5.79 Å². The number of hydrogen-bond donors (Lipinski definition) is 1. The van der Waals surface area contributed by atoms with E-state index in [2.05, 4.69) is 19.6 Å². The number of rotatable bonds is 8. The molecule has 5 nitrogen and oxygen atoms in total. The molecule has 0 aliphatic rings. The van der Waals surface area contributed by atoms with Crippen molar-refractivity contribution in [1.82, 2.24) is 0 Å². The van der Waals surface area contributed by atoms with Crippen LogP contribution in [0.1, 0.15) is 5.56 Å². The van der Waals surface area contributed by atoms with Crippen molar-refractivity contribution in [2.75, 3.05) is 34.0 Å². The molecule has 1 rings (SSSR count). The monoisotopic (exact) mass is 288 g/mol. The summed E-state index contributed by atoms with van der Waals surface area (Å²) in [6.45, 7) is 7.45. The summed E-state index contributed by atoms with van der Waals surface area (Å²) in [7, 11) is 1.50. The fraction of sp³-hybridized carbons (Fsp3) is 0.692. The Morgan fingerprint density at radius 3 is 2.42 bits per heavy atom. The van der Waals surface area contributed by atoms with Crippen molar-refractivity contribution in [3.05, 3.63) is 17.9 Å². The normalized spacial score (nSPS) is 15.5. The quantitative estimate of drug-likeness (QED) is 0.443. The molecule has 110 valence electrons. The highest BCUT2D eigenvalue weighted by atomic mass is 28.3. The summed E-state index contributed by atoms with van der Waals surface area (Å²) >= 11 is 0. The second-order valence-corrected chi connectivity index (χ2v) is 10.5. The molecule has 0 spiro atoms. The van der Waals surface area contributed by atoms with Gasteiger partial charge in [0.15, 0.2) is 0 Å². The van der Waals surface area contributed by atoms with Crippen molar-refractivity contribution in [2.24, 2.45) is 0 Å². The standard InChI is InChI=1S/C13H24O5Si/c1-15-6-7-17-10-13(14,16-2)11-8-12(18-9-11)19(3,4)5/h8-9,14H,6-7,10H2,1-5H3. The zero-order valence-electron chi connectivity index (χ0n) is 12.4. The molecule has 1 aromatic heterocycles. The van der Waals surface area contributed by atoms with Crippen LogP contribution in [0.5, 0.6) is 0 Å². The lowest BCUT2D eigenvalue weighted by molar-refractivity contribution is -0.227. The smallest absolute Gasteiger partial charge is 0.219 e. The first-order chi connectivity index (χ1) is 8.83. The predicted molar refractivity (Wildman–Crippen MR) is 75.3 cm³/mol. The summed E-state index contributed by atoms with van der Waals surface area (Å²) in [6, 6.07) is 1.86. The summed E-state index contributed by atoms with van der Waals surface area (Å²) in [5.74, 6) is -1.48. The predicted octanol–water partition coefficient (Wildman–Crippen LogP) is 1.28. The van der Waals surface area contributed by atoms with E-state index in [1.165, 1.54) is 13.4 Å². The molecule has 0 saturated carbocycles. The maximum absolute atomic E-state index is 10.4. The lowest BCUT2D eigenvalue weighted by Gasteiger charge is -2.25. The molecule has 1 atom stereocenters. The van der Waals surface area contributed by atoms with Gasteiger partial charge in [-0.25, -0.2) is 0 Å². The number of aliphatic hydroxyl groups is 1. The van der Waals surface area contributed by atoms with Crippen LogP contribution >= 0.6 is 0 Å². The van der Waals surface area contributed by atoms with E-state index in [1.807, 2.05) is 6.07 Å². The molecule has 1 N–H and O–H groups in total. The molecule has 0 amide bonds. The first-order valence-corrected chi connectivity index (χ1v) is 9.77. The van der Waals surface area contributed by atoms with E-state index in [-0.39, 0.29) is 6.61 Å². The first kappa shape index (κ1) is 16.4. The van der Waals surface area contributed by atoms with E-state index in [4.69, 9.17) is 18.6 Å². The van der Waals surface area contributed by atoms with Crippen molar-refractivity contribution in [3.63, 3.8) is 0 Å². The van der Waals surface area contributed by atoms with E-state index in [1.54, 1.807) is 7.11 Å². The Hall–Kier alpha value is -0.663. The Morgan fingerprint density at radius 2 is 1.95 bits per heavy atom. The van der Waals surface area contributed by atoms with Crippen molar-refractivity contribution in [3.8, 4) is 0 Å². The van der Waals surface area contributed by atoms with Crippen molar-refractivity contribution in [2.45, 2.75) is 25.4 Å². The lowest BCUT2D eigenvalue weighted by Crippen LogP contribution is -2.37. The van der Waals surface area contributed by atoms with E-state index in [0.717, 1.165) is 5.38 Å². The third-order valence-electron chi connectivity index (χ3n) is 2.86. The molecule has 1 heterocycles. The largest absolute Gasteiger partial charge is 0.474 e. The van der Waals surface area contributed by atoms with Gasteiger partial charge >= 0.3 is 0 Å². The average molecular weight is 288 g/mol. The Morgan fingerprint density at radius 1 is 1.26 bits per heavy atom. The maximum atomic E-state index is 10.4. The van der Waals surface area contributed by atoms with Gasteiger partial charge in [-0.3, -0.25) is 0 Å². The number of furan rings is 1. The van der Waals surface area contributed by atoms with Crippen LogP contribution in [0.15, 0.2) is 16.7 Å². The fourth-order valence-electron chi connectivity index (χ4n) is 1.55. The van der Waals surface area contributed by atoms with Gasteiger partial charge in [0, 0.05) is 14.2 Å². The number of hydrogen-bond acceptors (Lipinski definition) is 5. The second-order valence-electron chi connectivity index (χ2n) is 5.48. The minimum atomic E-state index is -1.54. The molecule has 0 aliphatic carbocycles. The van der Waals surface area contributed by atoms with Crippen LogP contribution in [0.2, 0.25) is 19.6 Å². The SMILES string of the molecule is COCCOCC(O)(OC)c1coc([Si](C)(C)C)c1. The molecule has 6 heteroatoms. The van der Waals surface area contributed by atoms with Crippen LogP contribution in [0.4, 0.5) is 0 Å². The molecular formula is C13H24O5Si. The number of ether oxygens (including phenoxy) is 3. The van der Waals surface area contributed by atoms with Crippen LogP contribution in [0.25, 0.3) is 0 Å².